The molecule has 3 N–H and O–H groups in total. The van der Waals surface area contributed by atoms with E-state index in [1.54, 1.807) is 0 Å². The standard InChI is InChI=1S/C22H52O8Si3.C15H38O5Si3.4CH4/c1-21(19-23)27-15-13-25-11-9-17-31(3,4)29-33(7,8)30-32(5,6)18-10-12-26-14-16-28-22(2)20-24;1-15(14-16)18-12-11-17-10-9-13-23(8,19-21(2,3)4)20-22(5,6)7;;;;/h21-24H,9-20H2,1-8H3;15-16H,9-14H2,1-8H3;4*1H4. The van der Waals surface area contributed by atoms with Crippen LogP contribution in [-0.2, 0) is 44.9 Å². The van der Waals surface area contributed by atoms with E-state index in [9.17, 15) is 0 Å². The van der Waals surface area contributed by atoms with Gasteiger partial charge in [0.25, 0.3) is 0 Å². The van der Waals surface area contributed by atoms with Crippen molar-refractivity contribution in [2.24, 2.45) is 0 Å². The van der Waals surface area contributed by atoms with Gasteiger partial charge in [0.2, 0.25) is 0 Å². The van der Waals surface area contributed by atoms with Gasteiger partial charge in [0.15, 0.2) is 33.3 Å². The molecule has 3 atom stereocenters. The molecule has 0 saturated heterocycles. The average molecular weight is 976 g/mol. The number of ether oxygens (including phenoxy) is 6. The number of rotatable bonds is 35. The normalized spacial score (nSPS) is 14.1. The highest BCUT2D eigenvalue weighted by Gasteiger charge is 2.40. The molecule has 0 aromatic rings. The zero-order chi connectivity index (χ0) is 43.5. The summed E-state index contributed by atoms with van der Waals surface area (Å²) in [5.41, 5.74) is 0. The highest BCUT2D eigenvalue weighted by Crippen LogP contribution is 2.27. The predicted molar refractivity (Wildman–Crippen MR) is 270 cm³/mol. The molecule has 0 aliphatic carbocycles. The summed E-state index contributed by atoms with van der Waals surface area (Å²) in [5, 5.41) is 26.7. The van der Waals surface area contributed by atoms with Crippen molar-refractivity contribution in [1.82, 2.24) is 0 Å². The van der Waals surface area contributed by atoms with Crippen molar-refractivity contribution < 1.29 is 60.2 Å². The molecular formula is C41H106O13Si6. The molecule has 0 aromatic carbocycles. The molecule has 0 aliphatic rings. The number of aliphatic hydroxyl groups excluding tert-OH is 3. The number of hydrogen-bond acceptors (Lipinski definition) is 13. The molecule has 0 aromatic heterocycles. The van der Waals surface area contributed by atoms with Gasteiger partial charge in [-0.15, -0.1) is 0 Å². The fourth-order valence-corrected chi connectivity index (χ4v) is 32.5. The average Bonchev–Trinajstić information content (AvgIpc) is 3.03. The lowest BCUT2D eigenvalue weighted by molar-refractivity contribution is -0.0103. The first-order valence-corrected chi connectivity index (χ1v) is 39.3. The molecular weight excluding hydrogens is 869 g/mol. The minimum atomic E-state index is -2.22. The lowest BCUT2D eigenvalue weighted by Crippen LogP contribution is -2.52. The number of aliphatic hydroxyl groups is 3. The van der Waals surface area contributed by atoms with Crippen molar-refractivity contribution >= 4 is 50.4 Å². The van der Waals surface area contributed by atoms with Crippen LogP contribution in [-0.4, -0.2) is 163 Å². The van der Waals surface area contributed by atoms with Crippen LogP contribution >= 0.6 is 0 Å². The lowest BCUT2D eigenvalue weighted by Gasteiger charge is -2.38. The highest BCUT2D eigenvalue weighted by molar-refractivity contribution is 6.88. The second kappa shape index (κ2) is 37.9. The summed E-state index contributed by atoms with van der Waals surface area (Å²) in [7, 11) is -11.3. The second-order valence-electron chi connectivity index (χ2n) is 18.4. The van der Waals surface area contributed by atoms with Gasteiger partial charge in [-0.1, -0.05) is 29.7 Å². The fraction of sp³-hybridized carbons (Fsp3) is 1.00. The van der Waals surface area contributed by atoms with Crippen molar-refractivity contribution in [1.29, 1.82) is 0 Å². The maximum atomic E-state index is 8.94. The Hall–Kier alpha value is 0.781. The molecule has 0 heterocycles. The predicted octanol–water partition coefficient (Wildman–Crippen LogP) is 9.85. The third kappa shape index (κ3) is 48.2. The van der Waals surface area contributed by atoms with Gasteiger partial charge in [-0.2, -0.15) is 0 Å². The highest BCUT2D eigenvalue weighted by atomic mass is 28.5. The first kappa shape index (κ1) is 72.4. The SMILES string of the molecule is C.C.C.C.CC(CO)OCCOCCC[Si](C)(C)O[Si](C)(C)O[Si](C)(C)CCCOCCOC(C)CO.CC(CO)OCCOCCC[Si](C)(O[Si](C)(C)C)O[Si](C)(C)C. The van der Waals surface area contributed by atoms with Crippen LogP contribution in [0.1, 0.15) is 69.7 Å². The van der Waals surface area contributed by atoms with Crippen molar-refractivity contribution in [3.05, 3.63) is 0 Å². The first-order valence-electron chi connectivity index (χ1n) is 20.9. The smallest absolute Gasteiger partial charge is 0.314 e. The van der Waals surface area contributed by atoms with Crippen molar-refractivity contribution in [2.45, 2.75) is 191 Å². The van der Waals surface area contributed by atoms with Crippen LogP contribution in [0.25, 0.3) is 0 Å². The molecule has 0 amide bonds. The Morgan fingerprint density at radius 1 is 0.367 bits per heavy atom. The minimum absolute atomic E-state index is 0. The van der Waals surface area contributed by atoms with Gasteiger partial charge >= 0.3 is 17.1 Å². The van der Waals surface area contributed by atoms with Crippen LogP contribution in [0.2, 0.25) is 103 Å². The molecule has 0 aliphatic heterocycles. The van der Waals surface area contributed by atoms with Gasteiger partial charge in [-0.3, -0.25) is 0 Å². The maximum Gasteiger partial charge on any atom is 0.314 e. The van der Waals surface area contributed by atoms with Crippen molar-refractivity contribution in [3.8, 4) is 0 Å². The Kier molecular flexibility index (Phi) is 45.8. The first-order chi connectivity index (χ1) is 25.7. The summed E-state index contributed by atoms with van der Waals surface area (Å²) >= 11 is 0. The summed E-state index contributed by atoms with van der Waals surface area (Å²) in [6, 6.07) is 3.04. The Bertz CT molecular complexity index is 886. The quantitative estimate of drug-likeness (QED) is 0.0409. The molecule has 0 bridgehead atoms. The number of hydrogen-bond donors (Lipinski definition) is 3. The third-order valence-corrected chi connectivity index (χ3v) is 28.9. The van der Waals surface area contributed by atoms with E-state index in [2.05, 4.69) is 85.1 Å². The van der Waals surface area contributed by atoms with Crippen LogP contribution < -0.4 is 0 Å². The fourth-order valence-electron chi connectivity index (χ4n) is 5.96. The Balaban J connectivity index is -0.000000240. The van der Waals surface area contributed by atoms with E-state index in [1.807, 2.05) is 20.8 Å². The summed E-state index contributed by atoms with van der Waals surface area (Å²) in [5.74, 6) is 0. The molecule has 3 unspecified atom stereocenters. The van der Waals surface area contributed by atoms with E-state index in [-0.39, 0.29) is 67.8 Å². The van der Waals surface area contributed by atoms with E-state index in [0.717, 1.165) is 37.4 Å². The molecule has 60 heavy (non-hydrogen) atoms. The van der Waals surface area contributed by atoms with E-state index in [1.165, 1.54) is 0 Å². The zero-order valence-corrected chi connectivity index (χ0v) is 44.9. The summed E-state index contributed by atoms with van der Waals surface area (Å²) in [4.78, 5) is 0. The van der Waals surface area contributed by atoms with Crippen LogP contribution in [0.4, 0.5) is 0 Å². The Morgan fingerprint density at radius 3 is 0.883 bits per heavy atom. The van der Waals surface area contributed by atoms with Gasteiger partial charge in [0, 0.05) is 19.8 Å². The Morgan fingerprint density at radius 2 is 0.633 bits per heavy atom. The third-order valence-electron chi connectivity index (χ3n) is 7.80. The molecule has 19 heteroatoms. The van der Waals surface area contributed by atoms with Gasteiger partial charge in [0.05, 0.1) is 77.8 Å². The lowest BCUT2D eigenvalue weighted by atomic mass is 10.4. The molecule has 0 spiro atoms. The summed E-state index contributed by atoms with van der Waals surface area (Å²) in [6.45, 7) is 39.9. The largest absolute Gasteiger partial charge is 0.437 e. The molecule has 0 fully saturated rings. The second-order valence-corrected chi connectivity index (χ2v) is 43.7. The topological polar surface area (TPSA) is 153 Å². The van der Waals surface area contributed by atoms with Crippen LogP contribution in [0, 0.1) is 0 Å². The minimum Gasteiger partial charge on any atom is -0.437 e. The van der Waals surface area contributed by atoms with E-state index in [4.69, 9.17) is 60.2 Å². The monoisotopic (exact) mass is 975 g/mol. The molecule has 0 rings (SSSR count). The maximum absolute atomic E-state index is 8.94. The van der Waals surface area contributed by atoms with Crippen molar-refractivity contribution in [3.63, 3.8) is 0 Å². The molecule has 0 saturated carbocycles. The van der Waals surface area contributed by atoms with Gasteiger partial charge in [-0.25, -0.2) is 0 Å². The van der Waals surface area contributed by atoms with E-state index < -0.39 is 50.4 Å². The van der Waals surface area contributed by atoms with E-state index >= 15 is 0 Å². The van der Waals surface area contributed by atoms with Gasteiger partial charge in [-0.05, 0) is 143 Å². The zero-order valence-electron chi connectivity index (χ0n) is 38.9. The molecule has 0 radical (unpaired) electrons. The Labute approximate surface area is 379 Å². The van der Waals surface area contributed by atoms with Crippen molar-refractivity contribution in [2.75, 3.05) is 79.3 Å². The van der Waals surface area contributed by atoms with Gasteiger partial charge in [0.1, 0.15) is 0 Å². The molecule has 13 nitrogen and oxygen atoms in total. The summed E-state index contributed by atoms with van der Waals surface area (Å²) in [6.07, 6.45) is 2.50. The van der Waals surface area contributed by atoms with Crippen LogP contribution in [0.3, 0.4) is 0 Å². The van der Waals surface area contributed by atoms with Crippen LogP contribution in [0.15, 0.2) is 0 Å². The molecule has 372 valence electrons. The van der Waals surface area contributed by atoms with Gasteiger partial charge < -0.3 is 60.2 Å². The van der Waals surface area contributed by atoms with Crippen LogP contribution in [0.5, 0.6) is 0 Å². The summed E-state index contributed by atoms with van der Waals surface area (Å²) < 4.78 is 59.3. The van der Waals surface area contributed by atoms with E-state index in [0.29, 0.717) is 59.5 Å².